The summed E-state index contributed by atoms with van der Waals surface area (Å²) in [5.41, 5.74) is 2.53. The molecule has 10 rings (SSSR count). The number of allylic oxidation sites excluding steroid dienone is 2. The molecular formula is C52H37Cl2F3N4O7. The standard InChI is InChI=1S/C52H37Cl2F3N4O7/c53-33-15-13-31(14-16-33)51-40(48(65)61(50(51)67)59-46-41(54)23-32(26-58-46)52(55,56)57)25-39-36(44(51)37-20-19-35(24-42(37)62)68-27-28-7-3-1-4-8-28)21-22-38-43(39)49(66)60(47(38)64)34-17-11-30(12-18-34)45(63)29-9-5-2-6-10-29/h1-21,23-24,26,38-40,43-44,62H,22,25,27H2,(H,58,59)/t38-,39+,40-,43-,44+,51+/m0/s1. The van der Waals surface area contributed by atoms with E-state index in [-0.39, 0.29) is 42.2 Å². The second-order valence-corrected chi connectivity index (χ2v) is 18.0. The van der Waals surface area contributed by atoms with Crippen LogP contribution in [0.4, 0.5) is 24.7 Å². The van der Waals surface area contributed by atoms with Crippen LogP contribution in [-0.2, 0) is 37.4 Å². The zero-order valence-electron chi connectivity index (χ0n) is 35.5. The van der Waals surface area contributed by atoms with Crippen molar-refractivity contribution in [1.29, 1.82) is 0 Å². The number of amides is 4. The Morgan fingerprint density at radius 3 is 2.15 bits per heavy atom. The molecule has 16 heteroatoms. The van der Waals surface area contributed by atoms with Crippen LogP contribution in [0.25, 0.3) is 0 Å². The summed E-state index contributed by atoms with van der Waals surface area (Å²) in [6.07, 6.45) is -2.54. The van der Waals surface area contributed by atoms with Crippen molar-refractivity contribution in [3.05, 3.63) is 195 Å². The number of anilines is 2. The number of benzene rings is 5. The molecule has 11 nitrogen and oxygen atoms in total. The van der Waals surface area contributed by atoms with Crippen LogP contribution in [0.2, 0.25) is 10.0 Å². The highest BCUT2D eigenvalue weighted by Crippen LogP contribution is 2.65. The number of phenols is 1. The summed E-state index contributed by atoms with van der Waals surface area (Å²) < 4.78 is 47.0. The van der Waals surface area contributed by atoms with Crippen LogP contribution in [0.15, 0.2) is 151 Å². The molecule has 0 radical (unpaired) electrons. The number of alkyl halides is 3. The number of pyridine rings is 1. The summed E-state index contributed by atoms with van der Waals surface area (Å²) in [4.78, 5) is 78.3. The first-order valence-electron chi connectivity index (χ1n) is 21.6. The molecule has 5 aromatic carbocycles. The van der Waals surface area contributed by atoms with Gasteiger partial charge in [-0.3, -0.25) is 34.3 Å². The number of imide groups is 2. The van der Waals surface area contributed by atoms with Gasteiger partial charge in [0.1, 0.15) is 18.1 Å². The van der Waals surface area contributed by atoms with Crippen LogP contribution in [0.3, 0.4) is 0 Å². The topological polar surface area (TPSA) is 146 Å². The monoisotopic (exact) mass is 956 g/mol. The predicted molar refractivity (Wildman–Crippen MR) is 245 cm³/mol. The fraction of sp³-hybridized carbons (Fsp3) is 0.192. The Kier molecular flexibility index (Phi) is 11.2. The molecule has 0 unspecified atom stereocenters. The first-order valence-corrected chi connectivity index (χ1v) is 22.3. The number of carbonyl (C=O) groups excluding carboxylic acids is 5. The van der Waals surface area contributed by atoms with E-state index in [1.807, 2.05) is 36.4 Å². The van der Waals surface area contributed by atoms with Gasteiger partial charge in [-0.2, -0.15) is 18.2 Å². The van der Waals surface area contributed by atoms with Crippen molar-refractivity contribution in [2.45, 2.75) is 37.0 Å². The Labute approximate surface area is 396 Å². The van der Waals surface area contributed by atoms with Gasteiger partial charge in [0.15, 0.2) is 11.6 Å². The fourth-order valence-corrected chi connectivity index (χ4v) is 10.8. The van der Waals surface area contributed by atoms with E-state index in [2.05, 4.69) is 10.4 Å². The minimum Gasteiger partial charge on any atom is -0.508 e. The Bertz CT molecular complexity index is 3060. The Balaban J connectivity index is 1.08. The number of hydrazine groups is 1. The van der Waals surface area contributed by atoms with Crippen molar-refractivity contribution in [1.82, 2.24) is 9.99 Å². The van der Waals surface area contributed by atoms with Gasteiger partial charge in [0.05, 0.1) is 39.4 Å². The van der Waals surface area contributed by atoms with E-state index in [1.165, 1.54) is 18.2 Å². The number of nitrogens with zero attached hydrogens (tertiary/aromatic N) is 3. The molecule has 6 aromatic rings. The van der Waals surface area contributed by atoms with E-state index in [0.29, 0.717) is 50.3 Å². The average molecular weight is 958 g/mol. The van der Waals surface area contributed by atoms with Crippen molar-refractivity contribution in [3.8, 4) is 11.5 Å². The quantitative estimate of drug-likeness (QED) is 0.0778. The summed E-state index contributed by atoms with van der Waals surface area (Å²) in [6.45, 7) is 0.170. The molecule has 2 aliphatic carbocycles. The lowest BCUT2D eigenvalue weighted by Gasteiger charge is -2.50. The number of rotatable bonds is 10. The number of ether oxygens (including phenoxy) is 1. The largest absolute Gasteiger partial charge is 0.508 e. The molecule has 1 aromatic heterocycles. The molecule has 2 saturated heterocycles. The van der Waals surface area contributed by atoms with Crippen LogP contribution < -0.4 is 15.1 Å². The number of hydrogen-bond acceptors (Lipinski definition) is 9. The number of hydrogen-bond donors (Lipinski definition) is 2. The van der Waals surface area contributed by atoms with Gasteiger partial charge >= 0.3 is 6.18 Å². The van der Waals surface area contributed by atoms with Crippen molar-refractivity contribution in [2.24, 2.45) is 23.7 Å². The molecular weight excluding hydrogens is 920 g/mol. The van der Waals surface area contributed by atoms with E-state index in [4.69, 9.17) is 27.9 Å². The molecule has 4 aliphatic rings. The fourth-order valence-electron chi connectivity index (χ4n) is 10.5. The second kappa shape index (κ2) is 17.1. The third-order valence-corrected chi connectivity index (χ3v) is 14.1. The lowest BCUT2D eigenvalue weighted by atomic mass is 9.49. The number of phenolic OH excluding ortho intramolecular Hbond substituents is 1. The van der Waals surface area contributed by atoms with Crippen LogP contribution in [-0.4, -0.2) is 44.5 Å². The number of halogens is 5. The molecule has 3 heterocycles. The van der Waals surface area contributed by atoms with Gasteiger partial charge < -0.3 is 9.84 Å². The summed E-state index contributed by atoms with van der Waals surface area (Å²) in [5, 5.41) is 12.6. The van der Waals surface area contributed by atoms with E-state index < -0.39 is 81.2 Å². The summed E-state index contributed by atoms with van der Waals surface area (Å²) in [5.74, 6) is -8.57. The van der Waals surface area contributed by atoms with Crippen molar-refractivity contribution < 1.29 is 47.0 Å². The number of aromatic hydroxyl groups is 1. The minimum atomic E-state index is -4.79. The smallest absolute Gasteiger partial charge is 0.417 e. The van der Waals surface area contributed by atoms with Gasteiger partial charge in [0.2, 0.25) is 11.8 Å². The van der Waals surface area contributed by atoms with Crippen molar-refractivity contribution in [2.75, 3.05) is 10.3 Å². The third kappa shape index (κ3) is 7.39. The third-order valence-electron chi connectivity index (χ3n) is 13.5. The Hall–Kier alpha value is -7.29. The number of fused-ring (bicyclic) bond motifs is 4. The van der Waals surface area contributed by atoms with Crippen LogP contribution in [0.5, 0.6) is 11.5 Å². The molecule has 0 bridgehead atoms. The van der Waals surface area contributed by atoms with Gasteiger partial charge in [0.25, 0.3) is 11.8 Å². The molecule has 6 atom stereocenters. The van der Waals surface area contributed by atoms with Gasteiger partial charge in [-0.05, 0) is 78.4 Å². The normalized spacial score (nSPS) is 23.2. The average Bonchev–Trinajstić information content (AvgIpc) is 3.72. The highest BCUT2D eigenvalue weighted by Gasteiger charge is 2.71. The number of ketones is 1. The summed E-state index contributed by atoms with van der Waals surface area (Å²) in [7, 11) is 0. The summed E-state index contributed by atoms with van der Waals surface area (Å²) in [6, 6.07) is 35.7. The molecule has 1 saturated carbocycles. The predicted octanol–water partition coefficient (Wildman–Crippen LogP) is 10.1. The maximum atomic E-state index is 15.6. The van der Waals surface area contributed by atoms with Crippen molar-refractivity contribution in [3.63, 3.8) is 0 Å². The van der Waals surface area contributed by atoms with Gasteiger partial charge in [-0.25, -0.2) is 4.98 Å². The van der Waals surface area contributed by atoms with Crippen LogP contribution in [0.1, 0.15) is 56.9 Å². The van der Waals surface area contributed by atoms with E-state index in [9.17, 15) is 32.7 Å². The maximum absolute atomic E-state index is 15.6. The lowest BCUT2D eigenvalue weighted by Crippen LogP contribution is -2.53. The molecule has 0 spiro atoms. The lowest BCUT2D eigenvalue weighted by molar-refractivity contribution is -0.139. The molecule has 4 amide bonds. The zero-order valence-corrected chi connectivity index (χ0v) is 37.0. The molecule has 3 fully saturated rings. The number of carbonyl (C=O) groups is 5. The van der Waals surface area contributed by atoms with Gasteiger partial charge in [0, 0.05) is 39.9 Å². The van der Waals surface area contributed by atoms with Crippen LogP contribution >= 0.6 is 23.2 Å². The molecule has 68 heavy (non-hydrogen) atoms. The molecule has 342 valence electrons. The first-order chi connectivity index (χ1) is 32.7. The highest BCUT2D eigenvalue weighted by molar-refractivity contribution is 6.33. The number of nitrogens with one attached hydrogen (secondary N) is 1. The minimum absolute atomic E-state index is 0.0637. The molecule has 2 aliphatic heterocycles. The molecule has 2 N–H and O–H groups in total. The Morgan fingerprint density at radius 1 is 0.809 bits per heavy atom. The zero-order chi connectivity index (χ0) is 47.6. The first kappa shape index (κ1) is 44.5. The van der Waals surface area contributed by atoms with Gasteiger partial charge in [-0.1, -0.05) is 114 Å². The van der Waals surface area contributed by atoms with Gasteiger partial charge in [-0.15, -0.1) is 0 Å². The highest BCUT2D eigenvalue weighted by atomic mass is 35.5. The summed E-state index contributed by atoms with van der Waals surface area (Å²) >= 11 is 12.7. The van der Waals surface area contributed by atoms with E-state index in [1.54, 1.807) is 78.9 Å². The number of aromatic nitrogens is 1. The second-order valence-electron chi connectivity index (χ2n) is 17.2. The maximum Gasteiger partial charge on any atom is 0.417 e. The van der Waals surface area contributed by atoms with Crippen LogP contribution in [0, 0.1) is 23.7 Å². The van der Waals surface area contributed by atoms with Crippen molar-refractivity contribution >= 4 is 64.1 Å². The van der Waals surface area contributed by atoms with E-state index >= 15 is 9.59 Å². The SMILES string of the molecule is O=C(c1ccccc1)c1ccc(N2C(=O)[C@H]3[C@H](CC=C4[C@H]3C[C@H]3C(=O)N(Nc5ncc(C(F)(F)F)cc5Cl)C(=O)[C@@]3(c3ccc(Cl)cc3)[C@H]4c3ccc(OCc4ccccc4)cc3O)C2=O)cc1. The van der Waals surface area contributed by atoms with E-state index in [0.717, 1.165) is 10.5 Å². The Morgan fingerprint density at radius 2 is 1.49 bits per heavy atom.